The molecule has 0 aliphatic heterocycles. The minimum Gasteiger partial charge on any atom is -0.330 e. The van der Waals surface area contributed by atoms with E-state index in [1.165, 1.54) is 96.3 Å². The standard InChI is InChI=1S/C19H38N2/c20-18-16-14-12-10-8-6-4-2-1-3-5-7-9-11-13-15-17-19-21/h1-18,20H2. The molecule has 0 saturated heterocycles. The van der Waals surface area contributed by atoms with E-state index in [9.17, 15) is 0 Å². The van der Waals surface area contributed by atoms with E-state index in [1.54, 1.807) is 0 Å². The molecular formula is C19H38N2. The first kappa shape index (κ1) is 20.5. The number of unbranched alkanes of at least 4 members (excludes halogenated alkanes) is 16. The topological polar surface area (TPSA) is 49.8 Å². The molecule has 0 bridgehead atoms. The third-order valence-electron chi connectivity index (χ3n) is 4.24. The zero-order chi connectivity index (χ0) is 15.4. The average molecular weight is 295 g/mol. The van der Waals surface area contributed by atoms with Crippen LogP contribution in [-0.2, 0) is 0 Å². The van der Waals surface area contributed by atoms with Gasteiger partial charge in [0.15, 0.2) is 0 Å². The van der Waals surface area contributed by atoms with Gasteiger partial charge in [-0.3, -0.25) is 0 Å². The Kier molecular flexibility index (Phi) is 18.9. The monoisotopic (exact) mass is 294 g/mol. The lowest BCUT2D eigenvalue weighted by molar-refractivity contribution is 0.529. The Labute approximate surface area is 133 Å². The van der Waals surface area contributed by atoms with E-state index in [0.29, 0.717) is 0 Å². The molecular weight excluding hydrogens is 256 g/mol. The minimum atomic E-state index is 0.743. The van der Waals surface area contributed by atoms with Crippen LogP contribution in [0, 0.1) is 11.3 Å². The summed E-state index contributed by atoms with van der Waals surface area (Å²) in [5, 5.41) is 8.44. The van der Waals surface area contributed by atoms with Gasteiger partial charge in [-0.15, -0.1) is 0 Å². The maximum Gasteiger partial charge on any atom is 0.0621 e. The first-order valence-corrected chi connectivity index (χ1v) is 9.49. The SMILES string of the molecule is N#CCCCCCCCCCCCCCCCCCCN. The highest BCUT2D eigenvalue weighted by Gasteiger charge is 1.94. The van der Waals surface area contributed by atoms with E-state index in [4.69, 9.17) is 11.0 Å². The molecule has 124 valence electrons. The van der Waals surface area contributed by atoms with Gasteiger partial charge in [-0.05, 0) is 19.4 Å². The van der Waals surface area contributed by atoms with Crippen LogP contribution >= 0.6 is 0 Å². The van der Waals surface area contributed by atoms with E-state index in [2.05, 4.69) is 6.07 Å². The molecule has 0 unspecified atom stereocenters. The van der Waals surface area contributed by atoms with Crippen molar-refractivity contribution in [1.29, 1.82) is 5.26 Å². The largest absolute Gasteiger partial charge is 0.330 e. The Morgan fingerprint density at radius 2 is 0.762 bits per heavy atom. The van der Waals surface area contributed by atoms with Crippen LogP contribution in [-0.4, -0.2) is 6.54 Å². The van der Waals surface area contributed by atoms with Crippen molar-refractivity contribution in [3.63, 3.8) is 0 Å². The van der Waals surface area contributed by atoms with Gasteiger partial charge in [-0.1, -0.05) is 89.9 Å². The lowest BCUT2D eigenvalue weighted by Gasteiger charge is -2.03. The van der Waals surface area contributed by atoms with Crippen molar-refractivity contribution in [1.82, 2.24) is 0 Å². The third-order valence-corrected chi connectivity index (χ3v) is 4.24. The zero-order valence-corrected chi connectivity index (χ0v) is 14.3. The Morgan fingerprint density at radius 3 is 1.05 bits per heavy atom. The molecule has 2 N–H and O–H groups in total. The first-order valence-electron chi connectivity index (χ1n) is 9.49. The maximum absolute atomic E-state index is 8.44. The Balaban J connectivity index is 2.92. The summed E-state index contributed by atoms with van der Waals surface area (Å²) in [4.78, 5) is 0. The fourth-order valence-electron chi connectivity index (χ4n) is 2.82. The summed E-state index contributed by atoms with van der Waals surface area (Å²) in [7, 11) is 0. The van der Waals surface area contributed by atoms with E-state index in [-0.39, 0.29) is 0 Å². The summed E-state index contributed by atoms with van der Waals surface area (Å²) in [6.45, 7) is 0.861. The second-order valence-electron chi connectivity index (χ2n) is 6.35. The van der Waals surface area contributed by atoms with Crippen LogP contribution in [0.15, 0.2) is 0 Å². The van der Waals surface area contributed by atoms with Crippen LogP contribution in [0.25, 0.3) is 0 Å². The molecule has 0 aromatic carbocycles. The molecule has 0 saturated carbocycles. The quantitative estimate of drug-likeness (QED) is 0.329. The fraction of sp³-hybridized carbons (Fsp3) is 0.947. The number of nitrogens with zero attached hydrogens (tertiary/aromatic N) is 1. The summed E-state index contributed by atoms with van der Waals surface area (Å²) in [6.07, 6.45) is 22.5. The molecule has 0 aromatic rings. The van der Waals surface area contributed by atoms with Gasteiger partial charge in [0.1, 0.15) is 0 Å². The number of nitriles is 1. The van der Waals surface area contributed by atoms with E-state index >= 15 is 0 Å². The number of hydrogen-bond donors (Lipinski definition) is 1. The molecule has 21 heavy (non-hydrogen) atoms. The number of rotatable bonds is 17. The maximum atomic E-state index is 8.44. The molecule has 0 rings (SSSR count). The minimum absolute atomic E-state index is 0.743. The van der Waals surface area contributed by atoms with Crippen LogP contribution in [0.1, 0.15) is 109 Å². The molecule has 0 fully saturated rings. The first-order chi connectivity index (χ1) is 10.4. The van der Waals surface area contributed by atoms with Crippen molar-refractivity contribution < 1.29 is 0 Å². The Morgan fingerprint density at radius 1 is 0.476 bits per heavy atom. The highest BCUT2D eigenvalue weighted by Crippen LogP contribution is 2.13. The molecule has 0 radical (unpaired) electrons. The fourth-order valence-corrected chi connectivity index (χ4v) is 2.82. The predicted octanol–water partition coefficient (Wildman–Crippen LogP) is 6.10. The molecule has 0 aliphatic carbocycles. The summed E-state index contributed by atoms with van der Waals surface area (Å²) in [5.41, 5.74) is 5.48. The van der Waals surface area contributed by atoms with Gasteiger partial charge in [-0.2, -0.15) is 5.26 Å². The highest BCUT2D eigenvalue weighted by molar-refractivity contribution is 4.67. The van der Waals surface area contributed by atoms with Crippen molar-refractivity contribution in [2.75, 3.05) is 6.54 Å². The smallest absolute Gasteiger partial charge is 0.0621 e. The van der Waals surface area contributed by atoms with Gasteiger partial charge in [0.25, 0.3) is 0 Å². The molecule has 2 nitrogen and oxygen atoms in total. The van der Waals surface area contributed by atoms with E-state index < -0.39 is 0 Å². The molecule has 0 heterocycles. The normalized spacial score (nSPS) is 10.7. The second-order valence-corrected chi connectivity index (χ2v) is 6.35. The molecule has 0 aromatic heterocycles. The lowest BCUT2D eigenvalue weighted by Crippen LogP contribution is -1.97. The number of hydrogen-bond acceptors (Lipinski definition) is 2. The van der Waals surface area contributed by atoms with Gasteiger partial charge in [0.2, 0.25) is 0 Å². The summed E-state index contributed by atoms with van der Waals surface area (Å²) < 4.78 is 0. The summed E-state index contributed by atoms with van der Waals surface area (Å²) in [5.74, 6) is 0. The number of nitrogens with two attached hydrogens (primary N) is 1. The van der Waals surface area contributed by atoms with Crippen LogP contribution in [0.3, 0.4) is 0 Å². The van der Waals surface area contributed by atoms with Crippen LogP contribution < -0.4 is 5.73 Å². The van der Waals surface area contributed by atoms with Crippen molar-refractivity contribution in [3.05, 3.63) is 0 Å². The van der Waals surface area contributed by atoms with Crippen molar-refractivity contribution >= 4 is 0 Å². The van der Waals surface area contributed by atoms with Gasteiger partial charge < -0.3 is 5.73 Å². The summed E-state index contributed by atoms with van der Waals surface area (Å²) >= 11 is 0. The van der Waals surface area contributed by atoms with Crippen LogP contribution in [0.2, 0.25) is 0 Å². The Hall–Kier alpha value is -0.550. The van der Waals surface area contributed by atoms with Gasteiger partial charge >= 0.3 is 0 Å². The van der Waals surface area contributed by atoms with Crippen LogP contribution in [0.4, 0.5) is 0 Å². The van der Waals surface area contributed by atoms with Crippen molar-refractivity contribution in [2.24, 2.45) is 5.73 Å². The Bertz CT molecular complexity index is 220. The highest BCUT2D eigenvalue weighted by atomic mass is 14.5. The average Bonchev–Trinajstić information content (AvgIpc) is 2.50. The van der Waals surface area contributed by atoms with E-state index in [1.807, 2.05) is 0 Å². The van der Waals surface area contributed by atoms with Crippen molar-refractivity contribution in [3.8, 4) is 6.07 Å². The zero-order valence-electron chi connectivity index (χ0n) is 14.3. The predicted molar refractivity (Wildman–Crippen MR) is 93.2 cm³/mol. The summed E-state index contributed by atoms with van der Waals surface area (Å²) in [6, 6.07) is 2.21. The lowest BCUT2D eigenvalue weighted by atomic mass is 10.0. The molecule has 0 aliphatic rings. The molecule has 0 amide bonds. The van der Waals surface area contributed by atoms with Gasteiger partial charge in [0.05, 0.1) is 6.07 Å². The van der Waals surface area contributed by atoms with Crippen LogP contribution in [0.5, 0.6) is 0 Å². The van der Waals surface area contributed by atoms with Crippen molar-refractivity contribution in [2.45, 2.75) is 109 Å². The second kappa shape index (κ2) is 19.4. The van der Waals surface area contributed by atoms with Gasteiger partial charge in [-0.25, -0.2) is 0 Å². The molecule has 0 spiro atoms. The van der Waals surface area contributed by atoms with E-state index in [0.717, 1.165) is 19.4 Å². The van der Waals surface area contributed by atoms with Gasteiger partial charge in [0, 0.05) is 6.42 Å². The molecule has 2 heteroatoms. The third kappa shape index (κ3) is 19.4. The molecule has 0 atom stereocenters.